The van der Waals surface area contributed by atoms with Crippen molar-refractivity contribution >= 4 is 33.9 Å². The standard InChI is InChI=1S/C24H21FN8O2/c25-16-6-7-17-21(19(16)24(34)32-8-10-35-11-9-32)33(15-4-2-1-3-5-15)18(31-17)12-26-22-20-23(28-13-27-20)30-14-29-22/h1-7,13-14H,8-12H2,(H2,26,27,28,29,30). The number of nitrogens with one attached hydrogen (secondary N) is 2. The third-order valence-electron chi connectivity index (χ3n) is 6.00. The number of nitrogens with zero attached hydrogens (tertiary/aromatic N) is 6. The summed E-state index contributed by atoms with van der Waals surface area (Å²) >= 11 is 0. The van der Waals surface area contributed by atoms with E-state index in [1.54, 1.807) is 17.3 Å². The number of fused-ring (bicyclic) bond motifs is 2. The fourth-order valence-electron chi connectivity index (χ4n) is 4.35. The summed E-state index contributed by atoms with van der Waals surface area (Å²) in [4.78, 5) is 35.5. The molecule has 1 aliphatic rings. The van der Waals surface area contributed by atoms with Crippen molar-refractivity contribution in [2.24, 2.45) is 0 Å². The van der Waals surface area contributed by atoms with E-state index in [-0.39, 0.29) is 18.0 Å². The minimum atomic E-state index is -0.583. The molecule has 0 atom stereocenters. The van der Waals surface area contributed by atoms with Crippen LogP contribution < -0.4 is 5.32 Å². The van der Waals surface area contributed by atoms with E-state index in [1.807, 2.05) is 34.9 Å². The lowest BCUT2D eigenvalue weighted by molar-refractivity contribution is 0.0301. The number of aromatic nitrogens is 6. The van der Waals surface area contributed by atoms with Crippen LogP contribution in [0.3, 0.4) is 0 Å². The van der Waals surface area contributed by atoms with Gasteiger partial charge in [0.15, 0.2) is 11.5 Å². The number of carbonyl (C=O) groups is 1. The molecule has 0 unspecified atom stereocenters. The highest BCUT2D eigenvalue weighted by atomic mass is 19.1. The van der Waals surface area contributed by atoms with Crippen LogP contribution in [0.4, 0.5) is 10.2 Å². The number of morpholine rings is 1. The van der Waals surface area contributed by atoms with Gasteiger partial charge in [-0.2, -0.15) is 0 Å². The molecule has 1 aliphatic heterocycles. The molecule has 11 heteroatoms. The van der Waals surface area contributed by atoms with E-state index in [4.69, 9.17) is 9.72 Å². The smallest absolute Gasteiger partial charge is 0.259 e. The second-order valence-electron chi connectivity index (χ2n) is 8.07. The summed E-state index contributed by atoms with van der Waals surface area (Å²) in [6, 6.07) is 12.4. The average molecular weight is 472 g/mol. The van der Waals surface area contributed by atoms with E-state index in [9.17, 15) is 4.79 Å². The molecule has 176 valence electrons. The summed E-state index contributed by atoms with van der Waals surface area (Å²) in [5.41, 5.74) is 2.94. The Labute approximate surface area is 198 Å². The third kappa shape index (κ3) is 3.75. The number of imidazole rings is 2. The summed E-state index contributed by atoms with van der Waals surface area (Å²) in [5.74, 6) is 0.206. The molecule has 0 aliphatic carbocycles. The molecule has 35 heavy (non-hydrogen) atoms. The van der Waals surface area contributed by atoms with Gasteiger partial charge >= 0.3 is 0 Å². The Morgan fingerprint density at radius 3 is 2.74 bits per heavy atom. The summed E-state index contributed by atoms with van der Waals surface area (Å²) in [6.07, 6.45) is 2.98. The average Bonchev–Trinajstić information content (AvgIpc) is 3.53. The van der Waals surface area contributed by atoms with Gasteiger partial charge in [0.25, 0.3) is 5.91 Å². The highest BCUT2D eigenvalue weighted by molar-refractivity contribution is 6.06. The summed E-state index contributed by atoms with van der Waals surface area (Å²) < 4.78 is 22.4. The second-order valence-corrected chi connectivity index (χ2v) is 8.07. The number of carbonyl (C=O) groups excluding carboxylic acids is 1. The summed E-state index contributed by atoms with van der Waals surface area (Å²) in [6.45, 7) is 1.95. The summed E-state index contributed by atoms with van der Waals surface area (Å²) in [5, 5.41) is 3.28. The normalized spacial score (nSPS) is 14.0. The van der Waals surface area contributed by atoms with Crippen molar-refractivity contribution in [1.82, 2.24) is 34.4 Å². The van der Waals surface area contributed by atoms with Crippen LogP contribution in [0, 0.1) is 5.82 Å². The van der Waals surface area contributed by atoms with Gasteiger partial charge in [-0.1, -0.05) is 18.2 Å². The lowest BCUT2D eigenvalue weighted by Gasteiger charge is -2.27. The zero-order valence-electron chi connectivity index (χ0n) is 18.6. The first kappa shape index (κ1) is 21.2. The van der Waals surface area contributed by atoms with Crippen molar-refractivity contribution in [2.45, 2.75) is 6.54 Å². The molecule has 1 amide bonds. The Kier molecular flexibility index (Phi) is 5.30. The van der Waals surface area contributed by atoms with Gasteiger partial charge in [-0.3, -0.25) is 9.36 Å². The van der Waals surface area contributed by atoms with Gasteiger partial charge in [-0.05, 0) is 24.3 Å². The number of halogens is 1. The molecule has 0 saturated carbocycles. The predicted octanol–water partition coefficient (Wildman–Crippen LogP) is 2.92. The maximum atomic E-state index is 15.3. The number of H-pyrrole nitrogens is 1. The Morgan fingerprint density at radius 2 is 1.91 bits per heavy atom. The first-order valence-corrected chi connectivity index (χ1v) is 11.2. The number of ether oxygens (including phenoxy) is 1. The first-order chi connectivity index (χ1) is 17.2. The Balaban J connectivity index is 1.48. The van der Waals surface area contributed by atoms with E-state index in [0.29, 0.717) is 60.1 Å². The van der Waals surface area contributed by atoms with Crippen LogP contribution in [0.25, 0.3) is 27.9 Å². The Hall–Kier alpha value is -4.38. The van der Waals surface area contributed by atoms with Gasteiger partial charge in [0.2, 0.25) is 0 Å². The number of aromatic amines is 1. The predicted molar refractivity (Wildman–Crippen MR) is 127 cm³/mol. The number of benzene rings is 2. The Morgan fingerprint density at radius 1 is 1.09 bits per heavy atom. The van der Waals surface area contributed by atoms with Crippen LogP contribution in [0.1, 0.15) is 16.2 Å². The molecule has 6 rings (SSSR count). The van der Waals surface area contributed by atoms with Crippen LogP contribution in [0.5, 0.6) is 0 Å². The molecule has 0 bridgehead atoms. The molecule has 2 aromatic carbocycles. The largest absolute Gasteiger partial charge is 0.378 e. The molecule has 1 fully saturated rings. The number of hydrogen-bond donors (Lipinski definition) is 2. The lowest BCUT2D eigenvalue weighted by Crippen LogP contribution is -2.41. The van der Waals surface area contributed by atoms with E-state index in [2.05, 4.69) is 25.3 Å². The minimum Gasteiger partial charge on any atom is -0.378 e. The fraction of sp³-hybridized carbons (Fsp3) is 0.208. The lowest BCUT2D eigenvalue weighted by atomic mass is 10.1. The molecule has 4 heterocycles. The number of anilines is 1. The van der Waals surface area contributed by atoms with E-state index < -0.39 is 5.82 Å². The number of rotatable bonds is 5. The second kappa shape index (κ2) is 8.76. The maximum Gasteiger partial charge on any atom is 0.259 e. The molecule has 0 spiro atoms. The monoisotopic (exact) mass is 472 g/mol. The van der Waals surface area contributed by atoms with E-state index in [0.717, 1.165) is 5.69 Å². The van der Waals surface area contributed by atoms with Gasteiger partial charge in [0.1, 0.15) is 29.0 Å². The SMILES string of the molecule is O=C(c1c(F)ccc2nc(CNc3ncnc4nc[nH]c34)n(-c3ccccc3)c12)N1CCOCC1. The van der Waals surface area contributed by atoms with Crippen molar-refractivity contribution in [1.29, 1.82) is 0 Å². The third-order valence-corrected chi connectivity index (χ3v) is 6.00. The highest BCUT2D eigenvalue weighted by Gasteiger charge is 2.27. The Bertz CT molecular complexity index is 1530. The highest BCUT2D eigenvalue weighted by Crippen LogP contribution is 2.29. The zero-order valence-corrected chi connectivity index (χ0v) is 18.6. The molecule has 2 N–H and O–H groups in total. The molecular formula is C24H21FN8O2. The zero-order chi connectivity index (χ0) is 23.8. The molecule has 5 aromatic rings. The van der Waals surface area contributed by atoms with Gasteiger partial charge in [-0.15, -0.1) is 0 Å². The topological polar surface area (TPSA) is 114 Å². The van der Waals surface area contributed by atoms with Crippen LogP contribution in [0.15, 0.2) is 55.1 Å². The van der Waals surface area contributed by atoms with Gasteiger partial charge in [0.05, 0.1) is 37.1 Å². The molecule has 0 radical (unpaired) electrons. The van der Waals surface area contributed by atoms with Crippen molar-refractivity contribution in [3.05, 3.63) is 72.3 Å². The molecular weight excluding hydrogens is 451 g/mol. The maximum absolute atomic E-state index is 15.3. The van der Waals surface area contributed by atoms with Gasteiger partial charge in [-0.25, -0.2) is 24.3 Å². The van der Waals surface area contributed by atoms with E-state index >= 15 is 4.39 Å². The number of hydrogen-bond acceptors (Lipinski definition) is 7. The van der Waals surface area contributed by atoms with Crippen LogP contribution in [-0.2, 0) is 11.3 Å². The summed E-state index contributed by atoms with van der Waals surface area (Å²) in [7, 11) is 0. The molecule has 3 aromatic heterocycles. The first-order valence-electron chi connectivity index (χ1n) is 11.2. The van der Waals surface area contributed by atoms with Crippen molar-refractivity contribution in [2.75, 3.05) is 31.6 Å². The van der Waals surface area contributed by atoms with Gasteiger partial charge < -0.3 is 19.9 Å². The van der Waals surface area contributed by atoms with Crippen LogP contribution >= 0.6 is 0 Å². The van der Waals surface area contributed by atoms with Crippen molar-refractivity contribution in [3.63, 3.8) is 0 Å². The fourth-order valence-corrected chi connectivity index (χ4v) is 4.35. The van der Waals surface area contributed by atoms with Crippen LogP contribution in [-0.4, -0.2) is 66.6 Å². The number of amides is 1. The van der Waals surface area contributed by atoms with Gasteiger partial charge in [0, 0.05) is 18.8 Å². The van der Waals surface area contributed by atoms with Crippen LogP contribution in [0.2, 0.25) is 0 Å². The minimum absolute atomic E-state index is 0.00463. The van der Waals surface area contributed by atoms with E-state index in [1.165, 1.54) is 12.4 Å². The van der Waals surface area contributed by atoms with Crippen molar-refractivity contribution < 1.29 is 13.9 Å². The molecule has 10 nitrogen and oxygen atoms in total. The molecule has 1 saturated heterocycles. The number of para-hydroxylation sites is 1. The quantitative estimate of drug-likeness (QED) is 0.404. The van der Waals surface area contributed by atoms with Crippen molar-refractivity contribution in [3.8, 4) is 5.69 Å².